The molecule has 0 saturated carbocycles. The van der Waals surface area contributed by atoms with E-state index in [0.29, 0.717) is 5.76 Å². The van der Waals surface area contributed by atoms with Gasteiger partial charge in [-0.1, -0.05) is 0 Å². The SMILES string of the molecule is Cc1ccc(C(=O)Nc2ccc(I)cc2C(=O)O)o1. The van der Waals surface area contributed by atoms with Crippen molar-refractivity contribution in [2.45, 2.75) is 6.92 Å². The number of carboxylic acid groups (broad SMARTS) is 1. The van der Waals surface area contributed by atoms with Gasteiger partial charge in [-0.05, 0) is 59.8 Å². The molecule has 0 bridgehead atoms. The van der Waals surface area contributed by atoms with E-state index in [1.807, 2.05) is 22.6 Å². The first-order valence-corrected chi connectivity index (χ1v) is 6.46. The summed E-state index contributed by atoms with van der Waals surface area (Å²) in [5, 5.41) is 11.6. The molecule has 2 N–H and O–H groups in total. The van der Waals surface area contributed by atoms with Gasteiger partial charge in [0.05, 0.1) is 11.3 Å². The van der Waals surface area contributed by atoms with Gasteiger partial charge in [0.2, 0.25) is 0 Å². The van der Waals surface area contributed by atoms with Crippen molar-refractivity contribution in [2.75, 3.05) is 5.32 Å². The van der Waals surface area contributed by atoms with Crippen LogP contribution in [0.3, 0.4) is 0 Å². The summed E-state index contributed by atoms with van der Waals surface area (Å²) in [4.78, 5) is 23.0. The molecule has 98 valence electrons. The van der Waals surface area contributed by atoms with Gasteiger partial charge in [0, 0.05) is 3.57 Å². The number of hydrogen-bond donors (Lipinski definition) is 2. The Morgan fingerprint density at radius 1 is 1.26 bits per heavy atom. The number of carbonyl (C=O) groups excluding carboxylic acids is 1. The van der Waals surface area contributed by atoms with Crippen molar-refractivity contribution in [1.29, 1.82) is 0 Å². The van der Waals surface area contributed by atoms with Crippen LogP contribution in [-0.4, -0.2) is 17.0 Å². The third-order valence-corrected chi connectivity index (χ3v) is 3.10. The zero-order valence-electron chi connectivity index (χ0n) is 9.94. The van der Waals surface area contributed by atoms with Crippen molar-refractivity contribution < 1.29 is 19.1 Å². The average Bonchev–Trinajstić information content (AvgIpc) is 2.78. The van der Waals surface area contributed by atoms with E-state index in [1.165, 1.54) is 12.1 Å². The fraction of sp³-hybridized carbons (Fsp3) is 0.0769. The van der Waals surface area contributed by atoms with Gasteiger partial charge in [0.15, 0.2) is 5.76 Å². The summed E-state index contributed by atoms with van der Waals surface area (Å²) in [5.74, 6) is -0.806. The summed E-state index contributed by atoms with van der Waals surface area (Å²) in [5.41, 5.74) is 0.287. The molecule has 1 aromatic heterocycles. The Labute approximate surface area is 122 Å². The molecule has 5 nitrogen and oxygen atoms in total. The number of hydrogen-bond acceptors (Lipinski definition) is 3. The van der Waals surface area contributed by atoms with Crippen molar-refractivity contribution in [3.63, 3.8) is 0 Å². The molecule has 0 saturated heterocycles. The molecule has 0 radical (unpaired) electrons. The van der Waals surface area contributed by atoms with Gasteiger partial charge in [0.1, 0.15) is 5.76 Å². The minimum absolute atomic E-state index is 0.0449. The topological polar surface area (TPSA) is 79.5 Å². The number of halogens is 1. The molecule has 6 heteroatoms. The Kier molecular flexibility index (Phi) is 3.89. The highest BCUT2D eigenvalue weighted by molar-refractivity contribution is 14.1. The number of aromatic carboxylic acids is 1. The molecule has 0 fully saturated rings. The van der Waals surface area contributed by atoms with Crippen LogP contribution in [0.15, 0.2) is 34.7 Å². The first-order valence-electron chi connectivity index (χ1n) is 5.38. The molecule has 0 atom stereocenters. The van der Waals surface area contributed by atoms with Gasteiger partial charge < -0.3 is 14.8 Å². The lowest BCUT2D eigenvalue weighted by Crippen LogP contribution is -2.14. The van der Waals surface area contributed by atoms with E-state index < -0.39 is 11.9 Å². The van der Waals surface area contributed by atoms with Crippen LogP contribution in [0.1, 0.15) is 26.7 Å². The lowest BCUT2D eigenvalue weighted by molar-refractivity contribution is 0.0698. The van der Waals surface area contributed by atoms with Crippen LogP contribution in [-0.2, 0) is 0 Å². The smallest absolute Gasteiger partial charge is 0.337 e. The minimum Gasteiger partial charge on any atom is -0.478 e. The third-order valence-electron chi connectivity index (χ3n) is 2.42. The predicted octanol–water partition coefficient (Wildman–Crippen LogP) is 3.14. The van der Waals surface area contributed by atoms with Crippen molar-refractivity contribution in [2.24, 2.45) is 0 Å². The fourth-order valence-corrected chi connectivity index (χ4v) is 2.03. The molecule has 0 aliphatic carbocycles. The predicted molar refractivity (Wildman–Crippen MR) is 77.5 cm³/mol. The van der Waals surface area contributed by atoms with E-state index in [9.17, 15) is 9.59 Å². The molecular formula is C13H10INO4. The van der Waals surface area contributed by atoms with E-state index in [0.717, 1.165) is 3.57 Å². The monoisotopic (exact) mass is 371 g/mol. The second-order valence-corrected chi connectivity index (χ2v) is 5.11. The third kappa shape index (κ3) is 3.14. The lowest BCUT2D eigenvalue weighted by Gasteiger charge is -2.07. The Bertz CT molecular complexity index is 648. The van der Waals surface area contributed by atoms with Crippen LogP contribution in [0.4, 0.5) is 5.69 Å². The van der Waals surface area contributed by atoms with Gasteiger partial charge in [-0.15, -0.1) is 0 Å². The first-order chi connectivity index (χ1) is 8.97. The second kappa shape index (κ2) is 5.43. The van der Waals surface area contributed by atoms with Gasteiger partial charge in [-0.3, -0.25) is 4.79 Å². The lowest BCUT2D eigenvalue weighted by atomic mass is 10.2. The van der Waals surface area contributed by atoms with Crippen LogP contribution in [0.5, 0.6) is 0 Å². The normalized spacial score (nSPS) is 10.2. The summed E-state index contributed by atoms with van der Waals surface area (Å²) < 4.78 is 5.96. The summed E-state index contributed by atoms with van der Waals surface area (Å²) in [6, 6.07) is 7.97. The van der Waals surface area contributed by atoms with Crippen LogP contribution in [0.25, 0.3) is 0 Å². The zero-order valence-corrected chi connectivity index (χ0v) is 12.1. The van der Waals surface area contributed by atoms with Crippen LogP contribution < -0.4 is 5.32 Å². The second-order valence-electron chi connectivity index (χ2n) is 3.86. The number of carbonyl (C=O) groups is 2. The van der Waals surface area contributed by atoms with Crippen molar-refractivity contribution >= 4 is 40.2 Å². The molecule has 0 aliphatic rings. The quantitative estimate of drug-likeness (QED) is 0.813. The summed E-state index contributed by atoms with van der Waals surface area (Å²) >= 11 is 2.01. The van der Waals surface area contributed by atoms with E-state index in [-0.39, 0.29) is 17.0 Å². The molecule has 2 aromatic rings. The van der Waals surface area contributed by atoms with E-state index in [1.54, 1.807) is 25.1 Å². The number of nitrogens with one attached hydrogen (secondary N) is 1. The Hall–Kier alpha value is -1.83. The highest BCUT2D eigenvalue weighted by atomic mass is 127. The molecule has 0 unspecified atom stereocenters. The molecule has 19 heavy (non-hydrogen) atoms. The van der Waals surface area contributed by atoms with E-state index >= 15 is 0 Å². The number of benzene rings is 1. The molecule has 1 heterocycles. The van der Waals surface area contributed by atoms with Crippen molar-refractivity contribution in [3.05, 3.63) is 51.0 Å². The number of carboxylic acids is 1. The molecule has 2 rings (SSSR count). The number of amides is 1. The van der Waals surface area contributed by atoms with Crippen molar-refractivity contribution in [3.8, 4) is 0 Å². The summed E-state index contributed by atoms with van der Waals surface area (Å²) in [6.07, 6.45) is 0. The number of anilines is 1. The van der Waals surface area contributed by atoms with Gasteiger partial charge in [-0.25, -0.2) is 4.79 Å². The number of aryl methyl sites for hydroxylation is 1. The molecule has 0 aliphatic heterocycles. The van der Waals surface area contributed by atoms with Crippen LogP contribution >= 0.6 is 22.6 Å². The fourth-order valence-electron chi connectivity index (χ4n) is 1.54. The van der Waals surface area contributed by atoms with Gasteiger partial charge >= 0.3 is 5.97 Å². The summed E-state index contributed by atoms with van der Waals surface area (Å²) in [7, 11) is 0. The summed E-state index contributed by atoms with van der Waals surface area (Å²) in [6.45, 7) is 1.73. The highest BCUT2D eigenvalue weighted by Crippen LogP contribution is 2.20. The van der Waals surface area contributed by atoms with Crippen molar-refractivity contribution in [1.82, 2.24) is 0 Å². The Morgan fingerprint density at radius 3 is 2.58 bits per heavy atom. The maximum Gasteiger partial charge on any atom is 0.337 e. The maximum absolute atomic E-state index is 11.9. The molecule has 0 spiro atoms. The molecular weight excluding hydrogens is 361 g/mol. The van der Waals surface area contributed by atoms with Crippen LogP contribution in [0.2, 0.25) is 0 Å². The van der Waals surface area contributed by atoms with Gasteiger partial charge in [-0.2, -0.15) is 0 Å². The Morgan fingerprint density at radius 2 is 2.00 bits per heavy atom. The van der Waals surface area contributed by atoms with E-state index in [4.69, 9.17) is 9.52 Å². The standard InChI is InChI=1S/C13H10INO4/c1-7-2-5-11(19-7)12(16)15-10-4-3-8(14)6-9(10)13(17)18/h2-6H,1H3,(H,15,16)(H,17,18). The zero-order chi connectivity index (χ0) is 14.0. The van der Waals surface area contributed by atoms with E-state index in [2.05, 4.69) is 5.32 Å². The average molecular weight is 371 g/mol. The number of rotatable bonds is 3. The van der Waals surface area contributed by atoms with Crippen LogP contribution in [0, 0.1) is 10.5 Å². The largest absolute Gasteiger partial charge is 0.478 e. The minimum atomic E-state index is -1.09. The maximum atomic E-state index is 11.9. The first kappa shape index (κ1) is 13.6. The highest BCUT2D eigenvalue weighted by Gasteiger charge is 2.15. The van der Waals surface area contributed by atoms with Gasteiger partial charge in [0.25, 0.3) is 5.91 Å². The number of furan rings is 1. The Balaban J connectivity index is 2.28. The molecule has 1 aromatic carbocycles. The molecule has 1 amide bonds.